The van der Waals surface area contributed by atoms with Gasteiger partial charge in [-0.3, -0.25) is 0 Å². The SMILES string of the molecule is COc1cc2c(cc1OC)[C@H]1CCCC[C@H]1O[C@H]2c1cccc(OC)c1OC. The van der Waals surface area contributed by atoms with Crippen molar-refractivity contribution >= 4 is 0 Å². The van der Waals surface area contributed by atoms with Crippen molar-refractivity contribution in [2.24, 2.45) is 0 Å². The molecule has 0 saturated heterocycles. The van der Waals surface area contributed by atoms with Crippen LogP contribution in [0.3, 0.4) is 0 Å². The first-order valence-electron chi connectivity index (χ1n) is 9.84. The number of hydrogen-bond donors (Lipinski definition) is 0. The van der Waals surface area contributed by atoms with Crippen molar-refractivity contribution in [3.8, 4) is 23.0 Å². The summed E-state index contributed by atoms with van der Waals surface area (Å²) in [7, 11) is 6.68. The summed E-state index contributed by atoms with van der Waals surface area (Å²) in [4.78, 5) is 0. The van der Waals surface area contributed by atoms with Crippen LogP contribution >= 0.6 is 0 Å². The summed E-state index contributed by atoms with van der Waals surface area (Å²) in [6.07, 6.45) is 4.59. The van der Waals surface area contributed by atoms with E-state index in [9.17, 15) is 0 Å². The number of para-hydroxylation sites is 1. The van der Waals surface area contributed by atoms with Gasteiger partial charge in [0.05, 0.1) is 34.5 Å². The van der Waals surface area contributed by atoms with E-state index < -0.39 is 0 Å². The highest BCUT2D eigenvalue weighted by Gasteiger charge is 2.40. The zero-order chi connectivity index (χ0) is 19.7. The van der Waals surface area contributed by atoms with Crippen LogP contribution < -0.4 is 18.9 Å². The Morgan fingerprint density at radius 1 is 0.750 bits per heavy atom. The predicted octanol–water partition coefficient (Wildman–Crippen LogP) is 4.87. The molecule has 3 atom stereocenters. The quantitative estimate of drug-likeness (QED) is 0.736. The lowest BCUT2D eigenvalue weighted by Crippen LogP contribution is -2.34. The summed E-state index contributed by atoms with van der Waals surface area (Å²) in [5, 5.41) is 0. The van der Waals surface area contributed by atoms with Gasteiger partial charge < -0.3 is 23.7 Å². The second kappa shape index (κ2) is 7.92. The van der Waals surface area contributed by atoms with E-state index in [1.165, 1.54) is 18.4 Å². The number of rotatable bonds is 5. The first kappa shape index (κ1) is 18.9. The Hall–Kier alpha value is -2.40. The molecule has 0 unspecified atom stereocenters. The molecule has 0 bridgehead atoms. The zero-order valence-corrected chi connectivity index (χ0v) is 17.0. The van der Waals surface area contributed by atoms with E-state index in [0.717, 1.165) is 29.7 Å². The molecule has 0 radical (unpaired) electrons. The Balaban J connectivity index is 1.90. The molecule has 0 N–H and O–H groups in total. The highest BCUT2D eigenvalue weighted by atomic mass is 16.5. The fraction of sp³-hybridized carbons (Fsp3) is 0.478. The standard InChI is InChI=1S/C23H28O5/c1-24-19-11-7-9-15(23(19)27-4)22-17-13-21(26-3)20(25-2)12-16(17)14-8-5-6-10-18(14)28-22/h7,9,11-14,18,22H,5-6,8,10H2,1-4H3/t14-,18-,22+/m1/s1. The van der Waals surface area contributed by atoms with Crippen LogP contribution in [0.25, 0.3) is 0 Å². The van der Waals surface area contributed by atoms with Crippen molar-refractivity contribution in [1.82, 2.24) is 0 Å². The molecular weight excluding hydrogens is 356 g/mol. The average molecular weight is 384 g/mol. The maximum absolute atomic E-state index is 6.69. The van der Waals surface area contributed by atoms with E-state index >= 15 is 0 Å². The third-order valence-electron chi connectivity index (χ3n) is 6.00. The molecule has 150 valence electrons. The van der Waals surface area contributed by atoms with Crippen molar-refractivity contribution in [3.63, 3.8) is 0 Å². The zero-order valence-electron chi connectivity index (χ0n) is 17.0. The van der Waals surface area contributed by atoms with Crippen molar-refractivity contribution in [3.05, 3.63) is 47.0 Å². The Labute approximate surface area is 166 Å². The van der Waals surface area contributed by atoms with Crippen LogP contribution in [0.15, 0.2) is 30.3 Å². The number of benzene rings is 2. The van der Waals surface area contributed by atoms with Gasteiger partial charge in [0.15, 0.2) is 23.0 Å². The summed E-state index contributed by atoms with van der Waals surface area (Å²) in [5.41, 5.74) is 3.38. The lowest BCUT2D eigenvalue weighted by Gasteiger charge is -2.42. The molecule has 5 nitrogen and oxygen atoms in total. The van der Waals surface area contributed by atoms with Crippen molar-refractivity contribution in [2.75, 3.05) is 28.4 Å². The summed E-state index contributed by atoms with van der Waals surface area (Å²) in [6.45, 7) is 0. The smallest absolute Gasteiger partial charge is 0.166 e. The molecule has 5 heteroatoms. The molecule has 0 aromatic heterocycles. The first-order chi connectivity index (χ1) is 13.7. The molecule has 1 aliphatic carbocycles. The van der Waals surface area contributed by atoms with Gasteiger partial charge in [0, 0.05) is 11.5 Å². The number of fused-ring (bicyclic) bond motifs is 3. The third-order valence-corrected chi connectivity index (χ3v) is 6.00. The van der Waals surface area contributed by atoms with Gasteiger partial charge in [0.1, 0.15) is 6.10 Å². The molecule has 1 saturated carbocycles. The van der Waals surface area contributed by atoms with Gasteiger partial charge in [0.25, 0.3) is 0 Å². The van der Waals surface area contributed by atoms with Crippen molar-refractivity contribution in [2.45, 2.75) is 43.8 Å². The van der Waals surface area contributed by atoms with Gasteiger partial charge in [-0.25, -0.2) is 0 Å². The van der Waals surface area contributed by atoms with Crippen LogP contribution in [0.1, 0.15) is 54.4 Å². The van der Waals surface area contributed by atoms with Gasteiger partial charge in [-0.2, -0.15) is 0 Å². The molecule has 1 heterocycles. The number of methoxy groups -OCH3 is 4. The van der Waals surface area contributed by atoms with E-state index in [4.69, 9.17) is 23.7 Å². The molecular formula is C23H28O5. The molecule has 28 heavy (non-hydrogen) atoms. The second-order valence-electron chi connectivity index (χ2n) is 7.36. The van der Waals surface area contributed by atoms with Crippen molar-refractivity contribution in [1.29, 1.82) is 0 Å². The van der Waals surface area contributed by atoms with Crippen LogP contribution in [0.2, 0.25) is 0 Å². The molecule has 4 rings (SSSR count). The van der Waals surface area contributed by atoms with Crippen LogP contribution in [-0.4, -0.2) is 34.5 Å². The molecule has 0 amide bonds. The molecule has 1 aliphatic heterocycles. The van der Waals surface area contributed by atoms with Crippen LogP contribution in [0, 0.1) is 0 Å². The lowest BCUT2D eigenvalue weighted by molar-refractivity contribution is -0.0399. The lowest BCUT2D eigenvalue weighted by atomic mass is 9.75. The minimum absolute atomic E-state index is 0.195. The van der Waals surface area contributed by atoms with E-state index in [-0.39, 0.29) is 12.2 Å². The minimum Gasteiger partial charge on any atom is -0.493 e. The number of ether oxygens (including phenoxy) is 5. The van der Waals surface area contributed by atoms with Crippen LogP contribution in [0.5, 0.6) is 23.0 Å². The minimum atomic E-state index is -0.237. The molecule has 0 spiro atoms. The third kappa shape index (κ3) is 3.08. The largest absolute Gasteiger partial charge is 0.493 e. The van der Waals surface area contributed by atoms with Crippen LogP contribution in [-0.2, 0) is 4.74 Å². The average Bonchev–Trinajstić information content (AvgIpc) is 2.76. The monoisotopic (exact) mass is 384 g/mol. The van der Waals surface area contributed by atoms with E-state index in [2.05, 4.69) is 18.2 Å². The summed E-state index contributed by atoms with van der Waals surface area (Å²) >= 11 is 0. The van der Waals surface area contributed by atoms with Gasteiger partial charge in [-0.05, 0) is 42.2 Å². The fourth-order valence-electron chi connectivity index (χ4n) is 4.68. The van der Waals surface area contributed by atoms with E-state index in [1.807, 2.05) is 12.1 Å². The summed E-state index contributed by atoms with van der Waals surface area (Å²) in [6, 6.07) is 10.1. The van der Waals surface area contributed by atoms with Crippen LogP contribution in [0.4, 0.5) is 0 Å². The summed E-state index contributed by atoms with van der Waals surface area (Å²) in [5.74, 6) is 3.28. The molecule has 1 fully saturated rings. The molecule has 2 aromatic carbocycles. The van der Waals surface area contributed by atoms with Gasteiger partial charge in [-0.15, -0.1) is 0 Å². The highest BCUT2D eigenvalue weighted by molar-refractivity contribution is 5.56. The van der Waals surface area contributed by atoms with E-state index in [0.29, 0.717) is 23.2 Å². The Kier molecular flexibility index (Phi) is 5.36. The van der Waals surface area contributed by atoms with E-state index in [1.54, 1.807) is 28.4 Å². The molecule has 2 aromatic rings. The fourth-order valence-corrected chi connectivity index (χ4v) is 4.68. The predicted molar refractivity (Wildman–Crippen MR) is 107 cm³/mol. The maximum atomic E-state index is 6.69. The van der Waals surface area contributed by atoms with Gasteiger partial charge >= 0.3 is 0 Å². The number of hydrogen-bond acceptors (Lipinski definition) is 5. The highest BCUT2D eigenvalue weighted by Crippen LogP contribution is 2.51. The van der Waals surface area contributed by atoms with Crippen molar-refractivity contribution < 1.29 is 23.7 Å². The Morgan fingerprint density at radius 3 is 2.11 bits per heavy atom. The Morgan fingerprint density at radius 2 is 1.43 bits per heavy atom. The normalized spacial score (nSPS) is 23.4. The topological polar surface area (TPSA) is 46.2 Å². The summed E-state index contributed by atoms with van der Waals surface area (Å²) < 4.78 is 29.1. The van der Waals surface area contributed by atoms with Gasteiger partial charge in [0.2, 0.25) is 0 Å². The van der Waals surface area contributed by atoms with Gasteiger partial charge in [-0.1, -0.05) is 25.0 Å². The second-order valence-corrected chi connectivity index (χ2v) is 7.36. The first-order valence-corrected chi connectivity index (χ1v) is 9.84. The maximum Gasteiger partial charge on any atom is 0.166 e. The Bertz CT molecular complexity index is 847. The molecule has 2 aliphatic rings.